The summed E-state index contributed by atoms with van der Waals surface area (Å²) in [6.45, 7) is 4.81. The van der Waals surface area contributed by atoms with Crippen LogP contribution in [0.2, 0.25) is 0 Å². The number of nitrogens with zero attached hydrogens (tertiary/aromatic N) is 1. The van der Waals surface area contributed by atoms with Crippen LogP contribution in [0.4, 0.5) is 0 Å². The van der Waals surface area contributed by atoms with E-state index in [0.29, 0.717) is 18.8 Å². The van der Waals surface area contributed by atoms with Crippen LogP contribution in [0.1, 0.15) is 67.8 Å². The van der Waals surface area contributed by atoms with Crippen LogP contribution in [-0.2, 0) is 11.2 Å². The van der Waals surface area contributed by atoms with Gasteiger partial charge in [-0.3, -0.25) is 9.59 Å². The van der Waals surface area contributed by atoms with E-state index in [1.54, 1.807) is 0 Å². The van der Waals surface area contributed by atoms with Crippen molar-refractivity contribution >= 4 is 24.1 Å². The number of hydrogen-bond acceptors (Lipinski definition) is 3. The van der Waals surface area contributed by atoms with Crippen molar-refractivity contribution in [2.24, 2.45) is 5.92 Å². The molecule has 1 unspecified atom stereocenters. The summed E-state index contributed by atoms with van der Waals surface area (Å²) in [5, 5.41) is 3.20. The van der Waals surface area contributed by atoms with Crippen molar-refractivity contribution in [3.05, 3.63) is 35.4 Å². The zero-order chi connectivity index (χ0) is 18.8. The number of unbranched alkanes of at least 4 members (excludes halogenated alkanes) is 2. The number of likely N-dealkylation sites (tertiary alicyclic amines) is 1. The van der Waals surface area contributed by atoms with E-state index in [-0.39, 0.29) is 24.1 Å². The molecule has 1 aromatic rings. The predicted octanol–water partition coefficient (Wildman–Crippen LogP) is 4.26. The first-order valence-corrected chi connectivity index (χ1v) is 10.2. The molecule has 1 atom stereocenters. The lowest BCUT2D eigenvalue weighted by atomic mass is 9.97. The van der Waals surface area contributed by atoms with Crippen LogP contribution in [0.5, 0.6) is 0 Å². The molecule has 1 aliphatic rings. The number of nitrogens with one attached hydrogen (secondary N) is 1. The highest BCUT2D eigenvalue weighted by Crippen LogP contribution is 2.18. The van der Waals surface area contributed by atoms with Crippen molar-refractivity contribution in [2.45, 2.75) is 58.3 Å². The number of aryl methyl sites for hydroxylation is 1. The van der Waals surface area contributed by atoms with E-state index in [9.17, 15) is 9.59 Å². The third-order valence-corrected chi connectivity index (χ3v) is 5.28. The second kappa shape index (κ2) is 12.9. The Morgan fingerprint density at radius 2 is 1.89 bits per heavy atom. The van der Waals surface area contributed by atoms with E-state index < -0.39 is 0 Å². The van der Waals surface area contributed by atoms with Crippen LogP contribution in [-0.4, -0.2) is 43.3 Å². The molecule has 0 aliphatic carbocycles. The number of piperidine rings is 1. The highest BCUT2D eigenvalue weighted by Gasteiger charge is 2.23. The van der Waals surface area contributed by atoms with Gasteiger partial charge in [-0.25, -0.2) is 0 Å². The number of carbonyl (C=O) groups is 2. The number of amides is 1. The topological polar surface area (TPSA) is 49.4 Å². The average Bonchev–Trinajstić information content (AvgIpc) is 2.67. The molecule has 1 fully saturated rings. The van der Waals surface area contributed by atoms with Gasteiger partial charge in [0.25, 0.3) is 0 Å². The number of benzene rings is 1. The van der Waals surface area contributed by atoms with Crippen molar-refractivity contribution in [1.29, 1.82) is 0 Å². The Kier molecular flexibility index (Phi) is 11.3. The minimum atomic E-state index is 0. The number of rotatable bonds is 10. The maximum absolute atomic E-state index is 12.4. The lowest BCUT2D eigenvalue weighted by Crippen LogP contribution is -2.42. The van der Waals surface area contributed by atoms with Crippen molar-refractivity contribution in [2.75, 3.05) is 26.7 Å². The van der Waals surface area contributed by atoms with E-state index in [1.165, 1.54) is 31.2 Å². The first-order valence-electron chi connectivity index (χ1n) is 10.2. The molecule has 152 valence electrons. The van der Waals surface area contributed by atoms with Crippen LogP contribution in [0, 0.1) is 5.92 Å². The highest BCUT2D eigenvalue weighted by molar-refractivity contribution is 5.98. The monoisotopic (exact) mass is 394 g/mol. The fourth-order valence-electron chi connectivity index (χ4n) is 3.71. The Hall–Kier alpha value is -1.39. The quantitative estimate of drug-likeness (QED) is 0.476. The maximum atomic E-state index is 12.4. The molecule has 1 aliphatic heterocycles. The van der Waals surface area contributed by atoms with Crippen LogP contribution < -0.4 is 5.32 Å². The summed E-state index contributed by atoms with van der Waals surface area (Å²) in [5.41, 5.74) is 2.01. The smallest absolute Gasteiger partial charge is 0.223 e. The zero-order valence-corrected chi connectivity index (χ0v) is 17.7. The molecule has 0 saturated carbocycles. The van der Waals surface area contributed by atoms with E-state index in [1.807, 2.05) is 24.1 Å². The van der Waals surface area contributed by atoms with E-state index in [4.69, 9.17) is 0 Å². The minimum absolute atomic E-state index is 0. The SMILES string of the molecule is CCCCCc1ccc(C(=O)CCC(=O)N2CCCC(CNC)C2)cc1.Cl. The van der Waals surface area contributed by atoms with Crippen LogP contribution in [0.3, 0.4) is 0 Å². The van der Waals surface area contributed by atoms with Crippen LogP contribution in [0.25, 0.3) is 0 Å². The van der Waals surface area contributed by atoms with Gasteiger partial charge in [-0.1, -0.05) is 44.0 Å². The number of halogens is 1. The van der Waals surface area contributed by atoms with Gasteiger partial charge in [0.05, 0.1) is 0 Å². The van der Waals surface area contributed by atoms with Crippen LogP contribution in [0.15, 0.2) is 24.3 Å². The van der Waals surface area contributed by atoms with Gasteiger partial charge in [-0.05, 0) is 50.8 Å². The Bertz CT molecular complexity index is 572. The summed E-state index contributed by atoms with van der Waals surface area (Å²) in [5.74, 6) is 0.728. The molecule has 1 aromatic carbocycles. The van der Waals surface area contributed by atoms with Crippen molar-refractivity contribution in [1.82, 2.24) is 10.2 Å². The summed E-state index contributed by atoms with van der Waals surface area (Å²) >= 11 is 0. The largest absolute Gasteiger partial charge is 0.342 e. The van der Waals surface area contributed by atoms with Gasteiger partial charge < -0.3 is 10.2 Å². The standard InChI is InChI=1S/C22H34N2O2.ClH/c1-3-4-5-7-18-9-11-20(12-10-18)21(25)13-14-22(26)24-15-6-8-19(17-24)16-23-2;/h9-12,19,23H,3-8,13-17H2,1-2H3;1H. The van der Waals surface area contributed by atoms with Crippen molar-refractivity contribution in [3.63, 3.8) is 0 Å². The van der Waals surface area contributed by atoms with Crippen LogP contribution >= 0.6 is 12.4 Å². The molecule has 27 heavy (non-hydrogen) atoms. The molecular formula is C22H35ClN2O2. The molecule has 0 spiro atoms. The lowest BCUT2D eigenvalue weighted by Gasteiger charge is -2.32. The molecule has 0 bridgehead atoms. The first-order chi connectivity index (χ1) is 12.6. The van der Waals surface area contributed by atoms with Gasteiger partial charge in [0, 0.05) is 31.5 Å². The van der Waals surface area contributed by atoms with E-state index in [0.717, 1.165) is 38.0 Å². The zero-order valence-electron chi connectivity index (χ0n) is 16.8. The van der Waals surface area contributed by atoms with Gasteiger partial charge in [0.1, 0.15) is 0 Å². The molecular weight excluding hydrogens is 360 g/mol. The molecule has 5 heteroatoms. The first kappa shape index (κ1) is 23.6. The lowest BCUT2D eigenvalue weighted by molar-refractivity contribution is -0.132. The molecule has 1 amide bonds. The van der Waals surface area contributed by atoms with Gasteiger partial charge in [-0.15, -0.1) is 12.4 Å². The third-order valence-electron chi connectivity index (χ3n) is 5.28. The van der Waals surface area contributed by atoms with Crippen molar-refractivity contribution in [3.8, 4) is 0 Å². The average molecular weight is 395 g/mol. The minimum Gasteiger partial charge on any atom is -0.342 e. The molecule has 1 N–H and O–H groups in total. The molecule has 2 rings (SSSR count). The Morgan fingerprint density at radius 3 is 2.56 bits per heavy atom. The van der Waals surface area contributed by atoms with Gasteiger partial charge >= 0.3 is 0 Å². The predicted molar refractivity (Wildman–Crippen MR) is 114 cm³/mol. The second-order valence-electron chi connectivity index (χ2n) is 7.48. The van der Waals surface area contributed by atoms with Crippen molar-refractivity contribution < 1.29 is 9.59 Å². The third kappa shape index (κ3) is 8.02. The maximum Gasteiger partial charge on any atom is 0.223 e. The number of Topliss-reactive ketones (excluding diaryl/α,β-unsaturated/α-hetero) is 1. The number of ketones is 1. The molecule has 0 aromatic heterocycles. The highest BCUT2D eigenvalue weighted by atomic mass is 35.5. The van der Waals surface area contributed by atoms with Gasteiger partial charge in [-0.2, -0.15) is 0 Å². The second-order valence-corrected chi connectivity index (χ2v) is 7.48. The number of hydrogen-bond donors (Lipinski definition) is 1. The van der Waals surface area contributed by atoms with Gasteiger partial charge in [0.2, 0.25) is 5.91 Å². The summed E-state index contributed by atoms with van der Waals surface area (Å²) in [4.78, 5) is 26.8. The summed E-state index contributed by atoms with van der Waals surface area (Å²) in [7, 11) is 1.95. The summed E-state index contributed by atoms with van der Waals surface area (Å²) in [6.07, 6.45) is 7.60. The number of carbonyl (C=O) groups excluding carboxylic acids is 2. The normalized spacial score (nSPS) is 16.7. The fourth-order valence-corrected chi connectivity index (χ4v) is 3.71. The fraction of sp³-hybridized carbons (Fsp3) is 0.636. The Balaban J connectivity index is 0.00000364. The molecule has 1 saturated heterocycles. The Labute approximate surface area is 170 Å². The van der Waals surface area contributed by atoms with E-state index >= 15 is 0 Å². The molecule has 4 nitrogen and oxygen atoms in total. The summed E-state index contributed by atoms with van der Waals surface area (Å²) in [6, 6.07) is 7.94. The molecule has 1 heterocycles. The van der Waals surface area contributed by atoms with E-state index in [2.05, 4.69) is 24.4 Å². The molecule has 0 radical (unpaired) electrons. The van der Waals surface area contributed by atoms with Gasteiger partial charge in [0.15, 0.2) is 5.78 Å². The Morgan fingerprint density at radius 1 is 1.15 bits per heavy atom. The summed E-state index contributed by atoms with van der Waals surface area (Å²) < 4.78 is 0.